The van der Waals surface area contributed by atoms with Crippen LogP contribution in [0.1, 0.15) is 25.3 Å². The minimum Gasteiger partial charge on any atom is -0.381 e. The molecule has 1 aliphatic rings. The number of ether oxygens (including phenoxy) is 1. The Kier molecular flexibility index (Phi) is 4.35. The van der Waals surface area contributed by atoms with E-state index in [-0.39, 0.29) is 5.54 Å². The Morgan fingerprint density at radius 2 is 1.94 bits per heavy atom. The van der Waals surface area contributed by atoms with Gasteiger partial charge in [-0.15, -0.1) is 0 Å². The fraction of sp³-hybridized carbons (Fsp3) is 0.467. The molecule has 1 N–H and O–H groups in total. The van der Waals surface area contributed by atoms with E-state index in [0.717, 1.165) is 32.6 Å². The Morgan fingerprint density at radius 1 is 1.24 bits per heavy atom. The summed E-state index contributed by atoms with van der Waals surface area (Å²) in [7, 11) is 0. The minimum absolute atomic E-state index is 0.249. The Bertz CT molecular complexity index is 352. The summed E-state index contributed by atoms with van der Waals surface area (Å²) in [4.78, 5) is 0. The Hall–Kier alpha value is -1.12. The second-order valence-electron chi connectivity index (χ2n) is 4.87. The van der Waals surface area contributed by atoms with E-state index in [9.17, 15) is 0 Å². The van der Waals surface area contributed by atoms with Crippen molar-refractivity contribution in [3.05, 3.63) is 42.0 Å². The maximum atomic E-state index is 5.38. The van der Waals surface area contributed by atoms with Crippen LogP contribution in [0.2, 0.25) is 0 Å². The zero-order valence-corrected chi connectivity index (χ0v) is 10.5. The average Bonchev–Trinajstić information content (AvgIpc) is 2.37. The summed E-state index contributed by atoms with van der Waals surface area (Å²) >= 11 is 0. The molecule has 92 valence electrons. The molecule has 1 heterocycles. The highest BCUT2D eigenvalue weighted by molar-refractivity contribution is 5.48. The van der Waals surface area contributed by atoms with Gasteiger partial charge in [-0.3, -0.25) is 0 Å². The third-order valence-corrected chi connectivity index (χ3v) is 3.35. The lowest BCUT2D eigenvalue weighted by Crippen LogP contribution is -2.46. The molecule has 0 aliphatic carbocycles. The summed E-state index contributed by atoms with van der Waals surface area (Å²) in [5, 5.41) is 3.60. The minimum atomic E-state index is 0.249. The number of nitrogens with one attached hydrogen (secondary N) is 1. The number of hydrogen-bond acceptors (Lipinski definition) is 2. The van der Waals surface area contributed by atoms with Crippen molar-refractivity contribution in [2.45, 2.75) is 25.3 Å². The monoisotopic (exact) mass is 231 g/mol. The number of benzene rings is 1. The van der Waals surface area contributed by atoms with Gasteiger partial charge in [-0.2, -0.15) is 0 Å². The van der Waals surface area contributed by atoms with Crippen LogP contribution in [-0.2, 0) is 4.74 Å². The smallest absolute Gasteiger partial charge is 0.0483 e. The summed E-state index contributed by atoms with van der Waals surface area (Å²) in [6.07, 6.45) is 6.56. The topological polar surface area (TPSA) is 21.3 Å². The highest BCUT2D eigenvalue weighted by Gasteiger charge is 2.25. The van der Waals surface area contributed by atoms with Crippen LogP contribution < -0.4 is 5.32 Å². The molecule has 0 aromatic heterocycles. The van der Waals surface area contributed by atoms with Crippen LogP contribution in [-0.4, -0.2) is 25.3 Å². The van der Waals surface area contributed by atoms with Crippen molar-refractivity contribution < 1.29 is 4.74 Å². The molecule has 1 aliphatic heterocycles. The van der Waals surface area contributed by atoms with Crippen LogP contribution in [0.3, 0.4) is 0 Å². The molecule has 0 unspecified atom stereocenters. The molecule has 1 fully saturated rings. The van der Waals surface area contributed by atoms with E-state index in [0.29, 0.717) is 0 Å². The third-order valence-electron chi connectivity index (χ3n) is 3.35. The molecule has 0 saturated carbocycles. The standard InChI is InChI=1S/C15H21NO/c1-15(9-12-17-13-10-15)16-11-5-8-14-6-3-2-4-7-14/h2-8,16H,9-13H2,1H3/b8-5+. The van der Waals surface area contributed by atoms with E-state index >= 15 is 0 Å². The zero-order chi connectivity index (χ0) is 12.0. The van der Waals surface area contributed by atoms with Gasteiger partial charge in [-0.25, -0.2) is 0 Å². The van der Waals surface area contributed by atoms with Crippen molar-refractivity contribution in [2.24, 2.45) is 0 Å². The van der Waals surface area contributed by atoms with Crippen LogP contribution >= 0.6 is 0 Å². The maximum Gasteiger partial charge on any atom is 0.0483 e. The normalized spacial score (nSPS) is 19.6. The van der Waals surface area contributed by atoms with E-state index in [1.54, 1.807) is 0 Å². The summed E-state index contributed by atoms with van der Waals surface area (Å²) < 4.78 is 5.38. The molecule has 1 saturated heterocycles. The predicted molar refractivity (Wildman–Crippen MR) is 71.9 cm³/mol. The van der Waals surface area contributed by atoms with Crippen molar-refractivity contribution in [3.63, 3.8) is 0 Å². The zero-order valence-electron chi connectivity index (χ0n) is 10.5. The second-order valence-corrected chi connectivity index (χ2v) is 4.87. The molecular formula is C15H21NO. The molecule has 17 heavy (non-hydrogen) atoms. The van der Waals surface area contributed by atoms with Crippen molar-refractivity contribution in [1.82, 2.24) is 5.32 Å². The lowest BCUT2D eigenvalue weighted by Gasteiger charge is -2.34. The van der Waals surface area contributed by atoms with E-state index in [4.69, 9.17) is 4.74 Å². The molecule has 2 heteroatoms. The fourth-order valence-corrected chi connectivity index (χ4v) is 2.06. The van der Waals surface area contributed by atoms with Gasteiger partial charge in [0.25, 0.3) is 0 Å². The lowest BCUT2D eigenvalue weighted by molar-refractivity contribution is 0.0467. The summed E-state index contributed by atoms with van der Waals surface area (Å²) in [6, 6.07) is 10.4. The Morgan fingerprint density at radius 3 is 2.65 bits per heavy atom. The molecule has 0 amide bonds. The fourth-order valence-electron chi connectivity index (χ4n) is 2.06. The highest BCUT2D eigenvalue weighted by Crippen LogP contribution is 2.19. The second kappa shape index (κ2) is 5.99. The van der Waals surface area contributed by atoms with Gasteiger partial charge in [0, 0.05) is 25.3 Å². The van der Waals surface area contributed by atoms with Crippen LogP contribution in [0.25, 0.3) is 6.08 Å². The van der Waals surface area contributed by atoms with E-state index < -0.39 is 0 Å². The molecule has 0 bridgehead atoms. The molecular weight excluding hydrogens is 210 g/mol. The van der Waals surface area contributed by atoms with Gasteiger partial charge >= 0.3 is 0 Å². The molecule has 2 rings (SSSR count). The van der Waals surface area contributed by atoms with Crippen molar-refractivity contribution in [1.29, 1.82) is 0 Å². The van der Waals surface area contributed by atoms with Crippen LogP contribution in [0.15, 0.2) is 36.4 Å². The first-order chi connectivity index (χ1) is 8.29. The van der Waals surface area contributed by atoms with Gasteiger partial charge in [-0.05, 0) is 25.3 Å². The first-order valence-electron chi connectivity index (χ1n) is 6.33. The summed E-state index contributed by atoms with van der Waals surface area (Å²) in [5.41, 5.74) is 1.51. The van der Waals surface area contributed by atoms with E-state index in [1.807, 2.05) is 6.07 Å². The quantitative estimate of drug-likeness (QED) is 0.860. The maximum absolute atomic E-state index is 5.38. The van der Waals surface area contributed by atoms with Gasteiger partial charge in [-0.1, -0.05) is 42.5 Å². The van der Waals surface area contributed by atoms with Gasteiger partial charge in [0.1, 0.15) is 0 Å². The molecule has 0 atom stereocenters. The SMILES string of the molecule is CC1(NC/C=C/c2ccccc2)CCOCC1. The third kappa shape index (κ3) is 3.99. The Balaban J connectivity index is 1.77. The molecule has 0 spiro atoms. The van der Waals surface area contributed by atoms with Crippen LogP contribution in [0.5, 0.6) is 0 Å². The molecule has 1 aromatic rings. The van der Waals surface area contributed by atoms with Crippen molar-refractivity contribution in [3.8, 4) is 0 Å². The average molecular weight is 231 g/mol. The summed E-state index contributed by atoms with van der Waals surface area (Å²) in [6.45, 7) is 4.97. The van der Waals surface area contributed by atoms with Crippen molar-refractivity contribution >= 4 is 6.08 Å². The van der Waals surface area contributed by atoms with Crippen molar-refractivity contribution in [2.75, 3.05) is 19.8 Å². The summed E-state index contributed by atoms with van der Waals surface area (Å²) in [5.74, 6) is 0. The Labute approximate surface area is 104 Å². The first-order valence-corrected chi connectivity index (χ1v) is 6.33. The van der Waals surface area contributed by atoms with Crippen LogP contribution in [0.4, 0.5) is 0 Å². The van der Waals surface area contributed by atoms with Crippen LogP contribution in [0, 0.1) is 0 Å². The number of hydrogen-bond donors (Lipinski definition) is 1. The number of rotatable bonds is 4. The van der Waals surface area contributed by atoms with Gasteiger partial charge in [0.05, 0.1) is 0 Å². The largest absolute Gasteiger partial charge is 0.381 e. The van der Waals surface area contributed by atoms with E-state index in [2.05, 4.69) is 48.7 Å². The molecule has 2 nitrogen and oxygen atoms in total. The van der Waals surface area contributed by atoms with E-state index in [1.165, 1.54) is 5.56 Å². The van der Waals surface area contributed by atoms with Gasteiger partial charge < -0.3 is 10.1 Å². The predicted octanol–water partition coefficient (Wildman–Crippen LogP) is 2.86. The molecule has 1 aromatic carbocycles. The first kappa shape index (κ1) is 12.3. The van der Waals surface area contributed by atoms with Gasteiger partial charge in [0.15, 0.2) is 0 Å². The highest BCUT2D eigenvalue weighted by atomic mass is 16.5. The molecule has 0 radical (unpaired) electrons. The van der Waals surface area contributed by atoms with Gasteiger partial charge in [0.2, 0.25) is 0 Å². The lowest BCUT2D eigenvalue weighted by atomic mass is 9.92.